The predicted molar refractivity (Wildman–Crippen MR) is 86.0 cm³/mol. The van der Waals surface area contributed by atoms with Crippen molar-refractivity contribution in [3.05, 3.63) is 83.7 Å². The Labute approximate surface area is 137 Å². The molecule has 1 N–H and O–H groups in total. The van der Waals surface area contributed by atoms with Crippen LogP contribution in [0.15, 0.2) is 60.8 Å². The maximum Gasteiger partial charge on any atom is 0.257 e. The topological polar surface area (TPSA) is 46.9 Å². The second kappa shape index (κ2) is 7.04. The highest BCUT2D eigenvalue weighted by molar-refractivity contribution is 5.94. The fourth-order valence-electron chi connectivity index (χ4n) is 2.43. The van der Waals surface area contributed by atoms with Gasteiger partial charge in [0.05, 0.1) is 5.69 Å². The van der Waals surface area contributed by atoms with Crippen LogP contribution in [0.3, 0.4) is 0 Å². The van der Waals surface area contributed by atoms with Crippen molar-refractivity contribution in [3.8, 4) is 5.69 Å². The number of nitrogens with zero attached hydrogens (tertiary/aromatic N) is 2. The molecular weight excluding hydrogens is 312 g/mol. The zero-order chi connectivity index (χ0) is 16.9. The Morgan fingerprint density at radius 2 is 1.71 bits per heavy atom. The molecule has 24 heavy (non-hydrogen) atoms. The third kappa shape index (κ3) is 3.32. The summed E-state index contributed by atoms with van der Waals surface area (Å²) < 4.78 is 28.9. The number of carbonyl (C=O) groups excluding carboxylic acids is 1. The maximum absolute atomic E-state index is 13.6. The maximum atomic E-state index is 13.6. The Bertz CT molecular complexity index is 826. The number of halogens is 2. The second-order valence-corrected chi connectivity index (χ2v) is 5.17. The Balaban J connectivity index is 1.66. The van der Waals surface area contributed by atoms with Gasteiger partial charge in [0.1, 0.15) is 17.2 Å². The normalized spacial score (nSPS) is 10.6. The molecule has 3 aromatic rings. The SMILES string of the molecule is O=C(NCCc1ccnn1-c1ccccc1)c1c(F)cccc1F. The van der Waals surface area contributed by atoms with Gasteiger partial charge in [-0.1, -0.05) is 24.3 Å². The van der Waals surface area contributed by atoms with Gasteiger partial charge in [-0.25, -0.2) is 13.5 Å². The van der Waals surface area contributed by atoms with Crippen molar-refractivity contribution in [2.24, 2.45) is 0 Å². The standard InChI is InChI=1S/C18H15F2N3O/c19-15-7-4-8-16(20)17(15)18(24)21-11-9-14-10-12-22-23(14)13-5-2-1-3-6-13/h1-8,10,12H,9,11H2,(H,21,24). The largest absolute Gasteiger partial charge is 0.351 e. The molecule has 1 heterocycles. The first-order valence-corrected chi connectivity index (χ1v) is 7.47. The molecule has 1 aromatic heterocycles. The van der Waals surface area contributed by atoms with Crippen LogP contribution in [0.2, 0.25) is 0 Å². The zero-order valence-corrected chi connectivity index (χ0v) is 12.7. The lowest BCUT2D eigenvalue weighted by atomic mass is 10.2. The van der Waals surface area contributed by atoms with E-state index in [2.05, 4.69) is 10.4 Å². The van der Waals surface area contributed by atoms with E-state index >= 15 is 0 Å². The number of rotatable bonds is 5. The van der Waals surface area contributed by atoms with E-state index in [0.717, 1.165) is 23.5 Å². The number of amides is 1. The van der Waals surface area contributed by atoms with E-state index in [1.807, 2.05) is 36.4 Å². The van der Waals surface area contributed by atoms with Crippen molar-refractivity contribution in [2.75, 3.05) is 6.54 Å². The van der Waals surface area contributed by atoms with Crippen LogP contribution in [0, 0.1) is 11.6 Å². The lowest BCUT2D eigenvalue weighted by molar-refractivity contribution is 0.0945. The van der Waals surface area contributed by atoms with Gasteiger partial charge < -0.3 is 5.32 Å². The van der Waals surface area contributed by atoms with E-state index in [0.29, 0.717) is 6.42 Å². The molecule has 0 radical (unpaired) electrons. The summed E-state index contributed by atoms with van der Waals surface area (Å²) in [6.45, 7) is 0.241. The van der Waals surface area contributed by atoms with Gasteiger partial charge in [0.15, 0.2) is 0 Å². The molecule has 0 unspecified atom stereocenters. The molecule has 0 saturated carbocycles. The molecule has 2 aromatic carbocycles. The molecule has 122 valence electrons. The molecule has 1 amide bonds. The van der Waals surface area contributed by atoms with E-state index < -0.39 is 23.1 Å². The van der Waals surface area contributed by atoms with Gasteiger partial charge in [-0.05, 0) is 30.3 Å². The zero-order valence-electron chi connectivity index (χ0n) is 12.7. The number of aromatic nitrogens is 2. The van der Waals surface area contributed by atoms with Crippen LogP contribution >= 0.6 is 0 Å². The van der Waals surface area contributed by atoms with E-state index in [1.165, 1.54) is 6.07 Å². The van der Waals surface area contributed by atoms with Crippen molar-refractivity contribution in [1.82, 2.24) is 15.1 Å². The van der Waals surface area contributed by atoms with Gasteiger partial charge in [0.25, 0.3) is 5.91 Å². The smallest absolute Gasteiger partial charge is 0.257 e. The molecule has 0 atom stereocenters. The molecule has 0 spiro atoms. The highest BCUT2D eigenvalue weighted by Gasteiger charge is 2.16. The van der Waals surface area contributed by atoms with Gasteiger partial charge >= 0.3 is 0 Å². The van der Waals surface area contributed by atoms with E-state index in [9.17, 15) is 13.6 Å². The Morgan fingerprint density at radius 1 is 1.00 bits per heavy atom. The van der Waals surface area contributed by atoms with E-state index in [-0.39, 0.29) is 6.54 Å². The summed E-state index contributed by atoms with van der Waals surface area (Å²) in [5.74, 6) is -2.51. The molecular formula is C18H15F2N3O. The minimum Gasteiger partial charge on any atom is -0.351 e. The van der Waals surface area contributed by atoms with Gasteiger partial charge in [-0.15, -0.1) is 0 Å². The van der Waals surface area contributed by atoms with Crippen molar-refractivity contribution in [1.29, 1.82) is 0 Å². The van der Waals surface area contributed by atoms with Crippen molar-refractivity contribution < 1.29 is 13.6 Å². The van der Waals surface area contributed by atoms with Gasteiger partial charge in [0.2, 0.25) is 0 Å². The molecule has 4 nitrogen and oxygen atoms in total. The number of carbonyl (C=O) groups is 1. The fraction of sp³-hybridized carbons (Fsp3) is 0.111. The number of hydrogen-bond acceptors (Lipinski definition) is 2. The fourth-order valence-corrected chi connectivity index (χ4v) is 2.43. The van der Waals surface area contributed by atoms with Crippen molar-refractivity contribution >= 4 is 5.91 Å². The Kier molecular flexibility index (Phi) is 4.65. The summed E-state index contributed by atoms with van der Waals surface area (Å²) in [6, 6.07) is 14.7. The van der Waals surface area contributed by atoms with Crippen LogP contribution in [0.1, 0.15) is 16.1 Å². The van der Waals surface area contributed by atoms with Crippen LogP contribution in [-0.4, -0.2) is 22.2 Å². The second-order valence-electron chi connectivity index (χ2n) is 5.17. The molecule has 0 aliphatic heterocycles. The van der Waals surface area contributed by atoms with E-state index in [1.54, 1.807) is 10.9 Å². The third-order valence-corrected chi connectivity index (χ3v) is 3.58. The third-order valence-electron chi connectivity index (χ3n) is 3.58. The molecule has 0 saturated heterocycles. The van der Waals surface area contributed by atoms with Crippen LogP contribution < -0.4 is 5.32 Å². The first-order valence-electron chi connectivity index (χ1n) is 7.47. The van der Waals surface area contributed by atoms with E-state index in [4.69, 9.17) is 0 Å². The molecule has 0 aliphatic carbocycles. The summed E-state index contributed by atoms with van der Waals surface area (Å²) in [4.78, 5) is 12.0. The molecule has 0 aliphatic rings. The molecule has 0 bridgehead atoms. The van der Waals surface area contributed by atoms with Crippen LogP contribution in [0.4, 0.5) is 8.78 Å². The number of nitrogens with one attached hydrogen (secondary N) is 1. The monoisotopic (exact) mass is 327 g/mol. The highest BCUT2D eigenvalue weighted by atomic mass is 19.1. The lowest BCUT2D eigenvalue weighted by Crippen LogP contribution is -2.28. The quantitative estimate of drug-likeness (QED) is 0.783. The minimum absolute atomic E-state index is 0.241. The van der Waals surface area contributed by atoms with Gasteiger partial charge in [0, 0.05) is 24.9 Å². The van der Waals surface area contributed by atoms with Gasteiger partial charge in [-0.2, -0.15) is 5.10 Å². The van der Waals surface area contributed by atoms with Crippen molar-refractivity contribution in [3.63, 3.8) is 0 Å². The summed E-state index contributed by atoms with van der Waals surface area (Å²) >= 11 is 0. The lowest BCUT2D eigenvalue weighted by Gasteiger charge is -2.09. The number of hydrogen-bond donors (Lipinski definition) is 1. The van der Waals surface area contributed by atoms with Crippen LogP contribution in [-0.2, 0) is 6.42 Å². The Morgan fingerprint density at radius 3 is 2.42 bits per heavy atom. The summed E-state index contributed by atoms with van der Waals surface area (Å²) in [7, 11) is 0. The average molecular weight is 327 g/mol. The summed E-state index contributed by atoms with van der Waals surface area (Å²) in [5, 5.41) is 6.79. The Hall–Kier alpha value is -3.02. The minimum atomic E-state index is -0.873. The van der Waals surface area contributed by atoms with Crippen LogP contribution in [0.25, 0.3) is 5.69 Å². The summed E-state index contributed by atoms with van der Waals surface area (Å²) in [6.07, 6.45) is 2.15. The molecule has 0 fully saturated rings. The first-order chi connectivity index (χ1) is 11.7. The highest BCUT2D eigenvalue weighted by Crippen LogP contribution is 2.12. The predicted octanol–water partition coefficient (Wildman–Crippen LogP) is 3.12. The molecule has 3 rings (SSSR count). The number of para-hydroxylation sites is 1. The number of benzene rings is 2. The van der Waals surface area contributed by atoms with Crippen molar-refractivity contribution in [2.45, 2.75) is 6.42 Å². The average Bonchev–Trinajstić information content (AvgIpc) is 3.04. The first kappa shape index (κ1) is 15.9. The van der Waals surface area contributed by atoms with Gasteiger partial charge in [-0.3, -0.25) is 4.79 Å². The van der Waals surface area contributed by atoms with Crippen LogP contribution in [0.5, 0.6) is 0 Å². The summed E-state index contributed by atoms with van der Waals surface area (Å²) in [5.41, 5.74) is 1.23. The molecule has 6 heteroatoms.